The van der Waals surface area contributed by atoms with Gasteiger partial charge in [-0.15, -0.1) is 0 Å². The molecule has 0 amide bonds. The van der Waals surface area contributed by atoms with Crippen LogP contribution in [0.3, 0.4) is 0 Å². The molecule has 15 heteroatoms. The van der Waals surface area contributed by atoms with Crippen molar-refractivity contribution in [2.75, 3.05) is 7.11 Å². The highest BCUT2D eigenvalue weighted by Crippen LogP contribution is 2.25. The van der Waals surface area contributed by atoms with E-state index in [9.17, 15) is 8.78 Å². The second-order valence-electron chi connectivity index (χ2n) is 23.1. The van der Waals surface area contributed by atoms with E-state index in [0.29, 0.717) is 74.4 Å². The highest BCUT2D eigenvalue weighted by Gasteiger charge is 2.08. The van der Waals surface area contributed by atoms with Crippen molar-refractivity contribution in [3.8, 4) is 11.8 Å². The van der Waals surface area contributed by atoms with E-state index < -0.39 is 11.9 Å². The molecule has 10 nitrogen and oxygen atoms in total. The highest BCUT2D eigenvalue weighted by atomic mass is 35.5. The van der Waals surface area contributed by atoms with Crippen LogP contribution in [0, 0.1) is 32.7 Å². The Kier molecular flexibility index (Phi) is 37.5. The summed E-state index contributed by atoms with van der Waals surface area (Å²) in [6, 6.07) is 26.0. The van der Waals surface area contributed by atoms with Crippen LogP contribution in [0.15, 0.2) is 135 Å². The molecule has 8 aromatic rings. The quantitative estimate of drug-likeness (QED) is 0.116. The number of aryl methyl sites for hydroxylation is 3. The van der Waals surface area contributed by atoms with Gasteiger partial charge in [0.05, 0.1) is 13.2 Å². The normalized spacial score (nSPS) is 10.5. The number of ether oxygens (including phenoxy) is 2. The summed E-state index contributed by atoms with van der Waals surface area (Å²) in [4.78, 5) is 31.8. The smallest absolute Gasteiger partial charge is 0.213 e. The fraction of sp³-hybridized carbons (Fsp3) is 0.437. The van der Waals surface area contributed by atoms with Gasteiger partial charge in [-0.25, -0.2) is 29.9 Å². The van der Waals surface area contributed by atoms with Crippen LogP contribution < -0.4 is 9.47 Å². The van der Waals surface area contributed by atoms with Crippen molar-refractivity contribution in [2.24, 2.45) is 0 Å². The molecule has 0 saturated heterocycles. The van der Waals surface area contributed by atoms with Gasteiger partial charge in [0.1, 0.15) is 10.3 Å². The molecule has 0 unspecified atom stereocenters. The topological polar surface area (TPSA) is 122 Å². The summed E-state index contributed by atoms with van der Waals surface area (Å²) in [5, 5.41) is 1.70. The van der Waals surface area contributed by atoms with Crippen molar-refractivity contribution in [2.45, 2.75) is 199 Å². The minimum absolute atomic E-state index is 0.192. The third-order valence-electron chi connectivity index (χ3n) is 12.7. The molecule has 0 saturated carbocycles. The van der Waals surface area contributed by atoms with Crippen LogP contribution >= 0.6 is 34.8 Å². The highest BCUT2D eigenvalue weighted by molar-refractivity contribution is 6.34. The average molecular weight is 1240 g/mol. The average Bonchev–Trinajstić information content (AvgIpc) is 3.61. The Labute approximate surface area is 530 Å². The minimum atomic E-state index is -0.413. The lowest BCUT2D eigenvalue weighted by Gasteiger charge is -2.09. The van der Waals surface area contributed by atoms with Gasteiger partial charge in [0, 0.05) is 78.1 Å². The lowest BCUT2D eigenvalue weighted by Crippen LogP contribution is -2.06. The maximum atomic E-state index is 12.5. The van der Waals surface area contributed by atoms with E-state index in [0.717, 1.165) is 28.1 Å². The van der Waals surface area contributed by atoms with Gasteiger partial charge in [0.2, 0.25) is 23.7 Å². The monoisotopic (exact) mass is 1240 g/mol. The number of methoxy groups -OCH3 is 1. The summed E-state index contributed by atoms with van der Waals surface area (Å²) in [5.74, 6) is 4.59. The maximum absolute atomic E-state index is 12.5. The summed E-state index contributed by atoms with van der Waals surface area (Å²) >= 11 is 17.1. The second-order valence-corrected chi connectivity index (χ2v) is 24.3. The van der Waals surface area contributed by atoms with Crippen molar-refractivity contribution < 1.29 is 18.3 Å². The van der Waals surface area contributed by atoms with Crippen LogP contribution in [-0.4, -0.2) is 53.1 Å². The molecule has 0 aliphatic carbocycles. The van der Waals surface area contributed by atoms with Crippen molar-refractivity contribution in [1.29, 1.82) is 0 Å². The van der Waals surface area contributed by atoms with E-state index in [1.54, 1.807) is 37.7 Å². The summed E-state index contributed by atoms with van der Waals surface area (Å²) in [5.41, 5.74) is 12.8. The van der Waals surface area contributed by atoms with E-state index in [4.69, 9.17) is 44.3 Å². The number of nitrogens with zero attached hydrogens (tertiary/aromatic N) is 8. The van der Waals surface area contributed by atoms with Crippen LogP contribution in [0.2, 0.25) is 15.3 Å². The van der Waals surface area contributed by atoms with E-state index in [1.807, 2.05) is 95.2 Å². The summed E-state index contributed by atoms with van der Waals surface area (Å²) < 4.78 is 35.1. The number of aromatic nitrogens is 8. The van der Waals surface area contributed by atoms with E-state index in [2.05, 4.69) is 182 Å². The zero-order valence-electron chi connectivity index (χ0n) is 55.2. The minimum Gasteiger partial charge on any atom is -0.481 e. The molecule has 0 N–H and O–H groups in total. The Morgan fingerprint density at radius 1 is 0.384 bits per heavy atom. The van der Waals surface area contributed by atoms with Gasteiger partial charge in [-0.1, -0.05) is 182 Å². The largest absolute Gasteiger partial charge is 0.481 e. The van der Waals surface area contributed by atoms with Crippen molar-refractivity contribution in [3.63, 3.8) is 0 Å². The molecule has 86 heavy (non-hydrogen) atoms. The number of rotatable bonds is 11. The molecule has 0 bridgehead atoms. The Morgan fingerprint density at radius 2 is 0.814 bits per heavy atom. The first kappa shape index (κ1) is 77.5. The third-order valence-corrected chi connectivity index (χ3v) is 13.5. The van der Waals surface area contributed by atoms with Crippen LogP contribution in [-0.2, 0) is 0 Å². The molecule has 8 heterocycles. The Balaban J connectivity index is 0.000000492. The molecule has 0 fully saturated rings. The first-order valence-electron chi connectivity index (χ1n) is 29.5. The van der Waals surface area contributed by atoms with Crippen LogP contribution in [0.5, 0.6) is 11.8 Å². The van der Waals surface area contributed by atoms with Crippen molar-refractivity contribution in [3.05, 3.63) is 223 Å². The molecular formula is C71H97Cl3F2N8O2. The zero-order chi connectivity index (χ0) is 65.2. The Bertz CT molecular complexity index is 2900. The molecule has 0 aliphatic heterocycles. The molecule has 8 aromatic heterocycles. The predicted molar refractivity (Wildman–Crippen MR) is 358 cm³/mol. The van der Waals surface area contributed by atoms with E-state index >= 15 is 0 Å². The third kappa shape index (κ3) is 32.3. The molecule has 0 aromatic carbocycles. The Hall–Kier alpha value is -6.47. The van der Waals surface area contributed by atoms with Gasteiger partial charge >= 0.3 is 0 Å². The van der Waals surface area contributed by atoms with Crippen LogP contribution in [0.4, 0.5) is 8.78 Å². The summed E-state index contributed by atoms with van der Waals surface area (Å²) in [7, 11) is 1.62. The fourth-order valence-corrected chi connectivity index (χ4v) is 7.95. The summed E-state index contributed by atoms with van der Waals surface area (Å²) in [6.07, 6.45) is 14.7. The van der Waals surface area contributed by atoms with Gasteiger partial charge in [0.15, 0.2) is 0 Å². The van der Waals surface area contributed by atoms with Gasteiger partial charge in [-0.3, -0.25) is 9.97 Å². The first-order chi connectivity index (χ1) is 40.4. The maximum Gasteiger partial charge on any atom is 0.213 e. The number of halogens is 5. The number of pyridine rings is 8. The molecular weight excluding hydrogens is 1140 g/mol. The van der Waals surface area contributed by atoms with Crippen LogP contribution in [0.1, 0.15) is 233 Å². The molecule has 468 valence electrons. The van der Waals surface area contributed by atoms with Gasteiger partial charge < -0.3 is 9.47 Å². The molecule has 8 rings (SSSR count). The molecule has 0 radical (unpaired) electrons. The molecule has 0 atom stereocenters. The number of hydrogen-bond donors (Lipinski definition) is 0. The van der Waals surface area contributed by atoms with Gasteiger partial charge in [-0.05, 0) is 168 Å². The van der Waals surface area contributed by atoms with Crippen molar-refractivity contribution >= 4 is 34.8 Å². The SMILES string of the molecule is CC(C)Oc1ccc(C(C)C)cn1.CC(C)c1ccc(Cl)nc1.CC(C)c1ccc(F)nc1.CC(C)c1cnc(Cl)cc1Cl.COc1ccc(C(C)C)cn1.Cc1ccc(C(C)C)cn1.Cc1ccncc1C(C)C.Cc1nc(F)ccc1C(C)C. The lowest BCUT2D eigenvalue weighted by molar-refractivity contribution is 0.232. The number of hydrogen-bond acceptors (Lipinski definition) is 10. The molecule has 0 aliphatic rings. The van der Waals surface area contributed by atoms with Gasteiger partial charge in [0.25, 0.3) is 0 Å². The fourth-order valence-electron chi connectivity index (χ4n) is 7.25. The van der Waals surface area contributed by atoms with Crippen molar-refractivity contribution in [1.82, 2.24) is 39.9 Å². The standard InChI is InChI=1S/C11H17NO.C9H12FN.C9H13NO.2C9H13N.C8H9Cl2N.C8H10ClN.C8H10FN/c1-8(2)10-5-6-11(12-7-10)13-9(3)4;1-6(2)8-4-5-9(10)11-7(8)3;1-7(2)8-4-5-9(11-3)10-6-8;1-7(2)9-6-10-5-4-8(9)3;1-7(2)9-5-4-8(3)10-6-9;1-5(2)6-4-11-8(10)3-7(6)9;2*1-6(2)7-3-4-8(9)10-5-7/h5-9H,1-4H3;4-6H,1-3H3;4-7H,1-3H3;2*4-7H,1-3H3;3-5H,1-2H3;2*3-6H,1-2H3. The Morgan fingerprint density at radius 3 is 1.16 bits per heavy atom. The van der Waals surface area contributed by atoms with Gasteiger partial charge in [-0.2, -0.15) is 8.78 Å². The molecule has 0 spiro atoms. The van der Waals surface area contributed by atoms with E-state index in [-0.39, 0.29) is 6.10 Å². The first-order valence-corrected chi connectivity index (χ1v) is 30.6. The second kappa shape index (κ2) is 41.6. The van der Waals surface area contributed by atoms with E-state index in [1.165, 1.54) is 45.5 Å². The predicted octanol–water partition coefficient (Wildman–Crippen LogP) is 21.6. The zero-order valence-corrected chi connectivity index (χ0v) is 57.4. The lowest BCUT2D eigenvalue weighted by atomic mass is 10.0. The summed E-state index contributed by atoms with van der Waals surface area (Å²) in [6.45, 7) is 43.9. The van der Waals surface area contributed by atoms with Crippen LogP contribution in [0.25, 0.3) is 0 Å².